The summed E-state index contributed by atoms with van der Waals surface area (Å²) in [6.45, 7) is 2.04. The van der Waals surface area contributed by atoms with Crippen LogP contribution < -0.4 is 5.73 Å². The highest BCUT2D eigenvalue weighted by molar-refractivity contribution is 5.93. The van der Waals surface area contributed by atoms with Gasteiger partial charge in [-0.1, -0.05) is 19.1 Å². The minimum absolute atomic E-state index is 0.279. The van der Waals surface area contributed by atoms with Crippen molar-refractivity contribution in [3.63, 3.8) is 0 Å². The molecule has 0 fully saturated rings. The highest BCUT2D eigenvalue weighted by Gasteiger charge is 2.12. The fourth-order valence-electron chi connectivity index (χ4n) is 1.58. The molecule has 1 aromatic carbocycles. The number of aliphatic carboxylic acids is 1. The highest BCUT2D eigenvalue weighted by Crippen LogP contribution is 2.07. The predicted octanol–water partition coefficient (Wildman–Crippen LogP) is 1.61. The third kappa shape index (κ3) is 5.25. The van der Waals surface area contributed by atoms with E-state index in [1.54, 1.807) is 30.3 Å². The lowest BCUT2D eigenvalue weighted by Gasteiger charge is -2.17. The lowest BCUT2D eigenvalue weighted by Crippen LogP contribution is -2.35. The minimum atomic E-state index is -1.01. The van der Waals surface area contributed by atoms with Gasteiger partial charge in [0.1, 0.15) is 6.54 Å². The summed E-state index contributed by atoms with van der Waals surface area (Å²) in [6.07, 6.45) is 3.74. The predicted molar refractivity (Wildman–Crippen MR) is 74.4 cm³/mol. The molecule has 5 heteroatoms. The van der Waals surface area contributed by atoms with Crippen molar-refractivity contribution in [2.45, 2.75) is 13.3 Å². The quantitative estimate of drug-likeness (QED) is 0.602. The molecule has 0 aliphatic rings. The normalized spacial score (nSPS) is 10.6. The van der Waals surface area contributed by atoms with Gasteiger partial charge in [-0.2, -0.15) is 0 Å². The maximum absolute atomic E-state index is 11.9. The Balaban J connectivity index is 2.69. The third-order valence-electron chi connectivity index (χ3n) is 2.49. The molecule has 0 radical (unpaired) electrons. The van der Waals surface area contributed by atoms with Gasteiger partial charge in [0.15, 0.2) is 0 Å². The van der Waals surface area contributed by atoms with Crippen molar-refractivity contribution in [2.75, 3.05) is 18.8 Å². The zero-order chi connectivity index (χ0) is 14.3. The van der Waals surface area contributed by atoms with E-state index in [4.69, 9.17) is 10.8 Å². The van der Waals surface area contributed by atoms with Gasteiger partial charge in [-0.05, 0) is 30.2 Å². The number of hydrogen-bond donors (Lipinski definition) is 2. The molecule has 0 bridgehead atoms. The van der Waals surface area contributed by atoms with Crippen LogP contribution in [0.3, 0.4) is 0 Å². The first kappa shape index (κ1) is 14.8. The summed E-state index contributed by atoms with van der Waals surface area (Å²) in [5, 5.41) is 8.74. The minimum Gasteiger partial charge on any atom is -0.480 e. The number of nitrogens with two attached hydrogens (primary N) is 1. The molecule has 0 heterocycles. The zero-order valence-electron chi connectivity index (χ0n) is 10.9. The first-order valence-corrected chi connectivity index (χ1v) is 6.07. The first-order valence-electron chi connectivity index (χ1n) is 6.07. The molecule has 19 heavy (non-hydrogen) atoms. The summed E-state index contributed by atoms with van der Waals surface area (Å²) < 4.78 is 0. The van der Waals surface area contributed by atoms with Gasteiger partial charge in [-0.3, -0.25) is 9.59 Å². The second kappa shape index (κ2) is 7.20. The van der Waals surface area contributed by atoms with E-state index < -0.39 is 5.97 Å². The van der Waals surface area contributed by atoms with Crippen LogP contribution in [-0.2, 0) is 9.59 Å². The molecule has 5 nitrogen and oxygen atoms in total. The highest BCUT2D eigenvalue weighted by atomic mass is 16.4. The lowest BCUT2D eigenvalue weighted by atomic mass is 10.2. The van der Waals surface area contributed by atoms with E-state index in [2.05, 4.69) is 0 Å². The summed E-state index contributed by atoms with van der Waals surface area (Å²) >= 11 is 0. The Bertz CT molecular complexity index is 466. The molecule has 0 aliphatic carbocycles. The van der Waals surface area contributed by atoms with Crippen molar-refractivity contribution in [1.29, 1.82) is 0 Å². The summed E-state index contributed by atoms with van der Waals surface area (Å²) in [6, 6.07) is 7.07. The second-order valence-electron chi connectivity index (χ2n) is 4.15. The van der Waals surface area contributed by atoms with E-state index in [1.165, 1.54) is 11.0 Å². The van der Waals surface area contributed by atoms with Crippen molar-refractivity contribution in [3.8, 4) is 0 Å². The topological polar surface area (TPSA) is 83.6 Å². The molecule has 1 rings (SSSR count). The van der Waals surface area contributed by atoms with Gasteiger partial charge in [0.2, 0.25) is 5.91 Å². The van der Waals surface area contributed by atoms with Crippen LogP contribution in [0, 0.1) is 0 Å². The standard InChI is InChI=1S/C14H18N2O3/c1-2-9-16(10-14(18)19)13(17)8-5-11-3-6-12(15)7-4-11/h3-8H,2,9-10,15H2,1H3,(H,18,19)/b8-5+. The van der Waals surface area contributed by atoms with Crippen LogP contribution in [0.15, 0.2) is 30.3 Å². The number of carboxylic acid groups (broad SMARTS) is 1. The van der Waals surface area contributed by atoms with Gasteiger partial charge in [-0.25, -0.2) is 0 Å². The van der Waals surface area contributed by atoms with Gasteiger partial charge >= 0.3 is 5.97 Å². The largest absolute Gasteiger partial charge is 0.480 e. The Hall–Kier alpha value is -2.30. The summed E-state index contributed by atoms with van der Waals surface area (Å²) in [5.74, 6) is -1.32. The molecule has 1 amide bonds. The molecule has 102 valence electrons. The second-order valence-corrected chi connectivity index (χ2v) is 4.15. The maximum Gasteiger partial charge on any atom is 0.323 e. The Labute approximate surface area is 112 Å². The van der Waals surface area contributed by atoms with Crippen LogP contribution in [0.4, 0.5) is 5.69 Å². The molecule has 0 atom stereocenters. The average Bonchev–Trinajstić information content (AvgIpc) is 2.37. The number of carboxylic acids is 1. The molecule has 0 saturated carbocycles. The monoisotopic (exact) mass is 262 g/mol. The number of benzene rings is 1. The number of anilines is 1. The smallest absolute Gasteiger partial charge is 0.323 e. The van der Waals surface area contributed by atoms with E-state index in [1.807, 2.05) is 6.92 Å². The fourth-order valence-corrected chi connectivity index (χ4v) is 1.58. The zero-order valence-corrected chi connectivity index (χ0v) is 10.9. The number of rotatable bonds is 6. The van der Waals surface area contributed by atoms with Crippen LogP contribution in [0.25, 0.3) is 6.08 Å². The van der Waals surface area contributed by atoms with Gasteiger partial charge in [0.25, 0.3) is 0 Å². The molecule has 0 spiro atoms. The Morgan fingerprint density at radius 1 is 1.32 bits per heavy atom. The molecule has 0 aromatic heterocycles. The first-order chi connectivity index (χ1) is 9.02. The molecular formula is C14H18N2O3. The van der Waals surface area contributed by atoms with E-state index >= 15 is 0 Å². The molecule has 3 N–H and O–H groups in total. The van der Waals surface area contributed by atoms with E-state index in [9.17, 15) is 9.59 Å². The van der Waals surface area contributed by atoms with Crippen molar-refractivity contribution >= 4 is 23.6 Å². The SMILES string of the molecule is CCCN(CC(=O)O)C(=O)/C=C/c1ccc(N)cc1. The van der Waals surface area contributed by atoms with E-state index in [0.29, 0.717) is 18.7 Å². The van der Waals surface area contributed by atoms with E-state index in [-0.39, 0.29) is 12.5 Å². The van der Waals surface area contributed by atoms with Crippen LogP contribution in [0.2, 0.25) is 0 Å². The average molecular weight is 262 g/mol. The molecule has 0 saturated heterocycles. The Morgan fingerprint density at radius 2 is 1.95 bits per heavy atom. The Kier molecular flexibility index (Phi) is 5.60. The summed E-state index contributed by atoms with van der Waals surface area (Å²) in [5.41, 5.74) is 7.06. The van der Waals surface area contributed by atoms with Crippen molar-refractivity contribution in [2.24, 2.45) is 0 Å². The van der Waals surface area contributed by atoms with Gasteiger partial charge in [0, 0.05) is 18.3 Å². The number of nitrogens with zero attached hydrogens (tertiary/aromatic N) is 1. The van der Waals surface area contributed by atoms with E-state index in [0.717, 1.165) is 5.56 Å². The summed E-state index contributed by atoms with van der Waals surface area (Å²) in [4.78, 5) is 23.8. The van der Waals surface area contributed by atoms with Crippen LogP contribution in [0.5, 0.6) is 0 Å². The van der Waals surface area contributed by atoms with Gasteiger partial charge < -0.3 is 15.7 Å². The van der Waals surface area contributed by atoms with Crippen LogP contribution in [0.1, 0.15) is 18.9 Å². The van der Waals surface area contributed by atoms with Crippen molar-refractivity contribution in [1.82, 2.24) is 4.90 Å². The number of amides is 1. The third-order valence-corrected chi connectivity index (χ3v) is 2.49. The molecular weight excluding hydrogens is 244 g/mol. The number of nitrogen functional groups attached to an aromatic ring is 1. The molecule has 0 aliphatic heterocycles. The van der Waals surface area contributed by atoms with Gasteiger partial charge in [0.05, 0.1) is 0 Å². The maximum atomic E-state index is 11.9. The fraction of sp³-hybridized carbons (Fsp3) is 0.286. The Morgan fingerprint density at radius 3 is 2.47 bits per heavy atom. The van der Waals surface area contributed by atoms with Gasteiger partial charge in [-0.15, -0.1) is 0 Å². The van der Waals surface area contributed by atoms with Crippen LogP contribution in [-0.4, -0.2) is 35.0 Å². The summed E-state index contributed by atoms with van der Waals surface area (Å²) in [7, 11) is 0. The molecule has 1 aromatic rings. The van der Waals surface area contributed by atoms with Crippen molar-refractivity contribution in [3.05, 3.63) is 35.9 Å². The van der Waals surface area contributed by atoms with Crippen LogP contribution >= 0.6 is 0 Å². The van der Waals surface area contributed by atoms with Crippen molar-refractivity contribution < 1.29 is 14.7 Å². The number of carbonyl (C=O) groups excluding carboxylic acids is 1. The number of carbonyl (C=O) groups is 2. The number of hydrogen-bond acceptors (Lipinski definition) is 3. The lowest BCUT2D eigenvalue weighted by molar-refractivity contribution is -0.142. The molecule has 0 unspecified atom stereocenters.